The lowest BCUT2D eigenvalue weighted by Gasteiger charge is -2.16. The van der Waals surface area contributed by atoms with Crippen molar-refractivity contribution in [2.24, 2.45) is 7.05 Å². The monoisotopic (exact) mass is 193 g/mol. The molecule has 14 heavy (non-hydrogen) atoms. The normalized spacial score (nSPS) is 9.57. The molecule has 0 aliphatic carbocycles. The molecule has 0 radical (unpaired) electrons. The first kappa shape index (κ1) is 10.2. The molecule has 1 aromatic rings. The summed E-state index contributed by atoms with van der Waals surface area (Å²) in [7, 11) is 1.65. The van der Waals surface area contributed by atoms with Crippen LogP contribution in [0, 0.1) is 0 Å². The number of aldehydes is 1. The Labute approximate surface area is 81.6 Å². The SMILES string of the molecule is C=CN(C(C)=O)c1c(C=O)cnn1C. The van der Waals surface area contributed by atoms with E-state index >= 15 is 0 Å². The number of hydrogen-bond donors (Lipinski definition) is 0. The third-order valence-corrected chi connectivity index (χ3v) is 1.81. The number of amides is 1. The molecule has 1 amide bonds. The average Bonchev–Trinajstić information content (AvgIpc) is 2.49. The van der Waals surface area contributed by atoms with Crippen LogP contribution >= 0.6 is 0 Å². The maximum atomic E-state index is 11.2. The molecule has 0 aliphatic rings. The molecule has 1 heterocycles. The summed E-state index contributed by atoms with van der Waals surface area (Å²) in [6.07, 6.45) is 3.41. The van der Waals surface area contributed by atoms with Crippen molar-refractivity contribution in [3.63, 3.8) is 0 Å². The Kier molecular flexibility index (Phi) is 2.81. The van der Waals surface area contributed by atoms with Crippen molar-refractivity contribution in [3.05, 3.63) is 24.5 Å². The summed E-state index contributed by atoms with van der Waals surface area (Å²) in [5.74, 6) is 0.217. The molecule has 0 fully saturated rings. The average molecular weight is 193 g/mol. The van der Waals surface area contributed by atoms with Crippen molar-refractivity contribution < 1.29 is 9.59 Å². The molecular weight excluding hydrogens is 182 g/mol. The number of carbonyl (C=O) groups is 2. The summed E-state index contributed by atoms with van der Waals surface area (Å²) >= 11 is 0. The molecule has 74 valence electrons. The Morgan fingerprint density at radius 3 is 2.79 bits per heavy atom. The molecule has 0 aliphatic heterocycles. The first-order valence-electron chi connectivity index (χ1n) is 4.01. The highest BCUT2D eigenvalue weighted by molar-refractivity contribution is 5.97. The standard InChI is InChI=1S/C9H11N3O2/c1-4-12(7(2)14)9-8(6-13)5-10-11(9)3/h4-6H,1H2,2-3H3. The van der Waals surface area contributed by atoms with Gasteiger partial charge in [0.05, 0.1) is 11.8 Å². The topological polar surface area (TPSA) is 55.2 Å². The highest BCUT2D eigenvalue weighted by Gasteiger charge is 2.16. The number of rotatable bonds is 3. The highest BCUT2D eigenvalue weighted by Crippen LogP contribution is 2.17. The number of nitrogens with zero attached hydrogens (tertiary/aromatic N) is 3. The summed E-state index contributed by atoms with van der Waals surface area (Å²) in [6, 6.07) is 0. The molecule has 1 aromatic heterocycles. The van der Waals surface area contributed by atoms with Crippen LogP contribution in [0.3, 0.4) is 0 Å². The minimum absolute atomic E-state index is 0.216. The van der Waals surface area contributed by atoms with E-state index in [1.165, 1.54) is 28.9 Å². The molecule has 5 nitrogen and oxygen atoms in total. The lowest BCUT2D eigenvalue weighted by Crippen LogP contribution is -2.24. The molecule has 0 bridgehead atoms. The van der Waals surface area contributed by atoms with E-state index < -0.39 is 0 Å². The first-order chi connectivity index (χ1) is 6.61. The van der Waals surface area contributed by atoms with E-state index in [4.69, 9.17) is 0 Å². The predicted molar refractivity (Wildman–Crippen MR) is 52.0 cm³/mol. The minimum Gasteiger partial charge on any atom is -0.298 e. The Morgan fingerprint density at radius 2 is 2.36 bits per heavy atom. The first-order valence-corrected chi connectivity index (χ1v) is 4.01. The largest absolute Gasteiger partial charge is 0.298 e. The smallest absolute Gasteiger partial charge is 0.229 e. The molecule has 5 heteroatoms. The minimum atomic E-state index is -0.216. The van der Waals surface area contributed by atoms with Gasteiger partial charge >= 0.3 is 0 Å². The molecule has 0 spiro atoms. The summed E-state index contributed by atoms with van der Waals surface area (Å²) < 4.78 is 1.45. The van der Waals surface area contributed by atoms with E-state index in [-0.39, 0.29) is 5.91 Å². The number of anilines is 1. The molecule has 0 saturated heterocycles. The molecular formula is C9H11N3O2. The third kappa shape index (κ3) is 1.56. The molecule has 0 atom stereocenters. The zero-order chi connectivity index (χ0) is 10.7. The Hall–Kier alpha value is -1.91. The fraction of sp³-hybridized carbons (Fsp3) is 0.222. The van der Waals surface area contributed by atoms with Crippen molar-refractivity contribution >= 4 is 18.0 Å². The van der Waals surface area contributed by atoms with Gasteiger partial charge in [-0.3, -0.25) is 19.2 Å². The van der Waals surface area contributed by atoms with E-state index in [1.807, 2.05) is 0 Å². The number of carbonyl (C=O) groups excluding carboxylic acids is 2. The van der Waals surface area contributed by atoms with Gasteiger partial charge in [0.25, 0.3) is 0 Å². The van der Waals surface area contributed by atoms with Crippen LogP contribution in [0.1, 0.15) is 17.3 Å². The van der Waals surface area contributed by atoms with Gasteiger partial charge in [0, 0.05) is 20.2 Å². The van der Waals surface area contributed by atoms with Gasteiger partial charge in [-0.05, 0) is 0 Å². The van der Waals surface area contributed by atoms with Gasteiger partial charge in [0.1, 0.15) is 5.82 Å². The molecule has 0 unspecified atom stereocenters. The quantitative estimate of drug-likeness (QED) is 0.665. The number of hydrogen-bond acceptors (Lipinski definition) is 3. The lowest BCUT2D eigenvalue weighted by atomic mass is 10.3. The zero-order valence-electron chi connectivity index (χ0n) is 8.10. The van der Waals surface area contributed by atoms with Crippen molar-refractivity contribution in [1.29, 1.82) is 0 Å². The third-order valence-electron chi connectivity index (χ3n) is 1.81. The van der Waals surface area contributed by atoms with E-state index in [0.29, 0.717) is 17.7 Å². The molecule has 0 saturated carbocycles. The molecule has 1 rings (SSSR count). The van der Waals surface area contributed by atoms with E-state index in [1.54, 1.807) is 7.05 Å². The maximum absolute atomic E-state index is 11.2. The van der Waals surface area contributed by atoms with Crippen LogP contribution in [0.4, 0.5) is 5.82 Å². The lowest BCUT2D eigenvalue weighted by molar-refractivity contribution is -0.116. The number of aryl methyl sites for hydroxylation is 1. The Balaban J connectivity index is 3.26. The van der Waals surface area contributed by atoms with Gasteiger partial charge in [-0.25, -0.2) is 0 Å². The van der Waals surface area contributed by atoms with E-state index in [9.17, 15) is 9.59 Å². The predicted octanol–water partition coefficient (Wildman–Crippen LogP) is 0.729. The summed E-state index contributed by atoms with van der Waals surface area (Å²) in [5, 5.41) is 3.88. The van der Waals surface area contributed by atoms with Gasteiger partial charge in [-0.1, -0.05) is 6.58 Å². The van der Waals surface area contributed by atoms with Crippen molar-refractivity contribution in [2.75, 3.05) is 4.90 Å². The van der Waals surface area contributed by atoms with Crippen LogP contribution in [-0.2, 0) is 11.8 Å². The van der Waals surface area contributed by atoms with Gasteiger partial charge < -0.3 is 0 Å². The van der Waals surface area contributed by atoms with Gasteiger partial charge in [0.2, 0.25) is 5.91 Å². The van der Waals surface area contributed by atoms with Crippen LogP contribution in [-0.4, -0.2) is 22.0 Å². The second-order valence-corrected chi connectivity index (χ2v) is 2.74. The van der Waals surface area contributed by atoms with Crippen molar-refractivity contribution in [3.8, 4) is 0 Å². The zero-order valence-corrected chi connectivity index (χ0v) is 8.10. The fourth-order valence-corrected chi connectivity index (χ4v) is 1.19. The maximum Gasteiger partial charge on any atom is 0.229 e. The van der Waals surface area contributed by atoms with Gasteiger partial charge in [0.15, 0.2) is 6.29 Å². The highest BCUT2D eigenvalue weighted by atomic mass is 16.2. The van der Waals surface area contributed by atoms with Crippen LogP contribution in [0.15, 0.2) is 19.0 Å². The van der Waals surface area contributed by atoms with Crippen molar-refractivity contribution in [1.82, 2.24) is 9.78 Å². The summed E-state index contributed by atoms with van der Waals surface area (Å²) in [4.78, 5) is 23.1. The van der Waals surface area contributed by atoms with Crippen LogP contribution in [0.25, 0.3) is 0 Å². The molecule has 0 N–H and O–H groups in total. The van der Waals surface area contributed by atoms with Crippen LogP contribution < -0.4 is 4.90 Å². The van der Waals surface area contributed by atoms with Crippen LogP contribution in [0.2, 0.25) is 0 Å². The van der Waals surface area contributed by atoms with E-state index in [0.717, 1.165) is 0 Å². The van der Waals surface area contributed by atoms with Crippen LogP contribution in [0.5, 0.6) is 0 Å². The summed E-state index contributed by atoms with van der Waals surface area (Å²) in [5.41, 5.74) is 0.364. The van der Waals surface area contributed by atoms with Gasteiger partial charge in [-0.15, -0.1) is 0 Å². The van der Waals surface area contributed by atoms with Gasteiger partial charge in [-0.2, -0.15) is 5.10 Å². The number of aromatic nitrogens is 2. The second kappa shape index (κ2) is 3.87. The van der Waals surface area contributed by atoms with Crippen molar-refractivity contribution in [2.45, 2.75) is 6.92 Å². The summed E-state index contributed by atoms with van der Waals surface area (Å²) in [6.45, 7) is 4.89. The second-order valence-electron chi connectivity index (χ2n) is 2.74. The van der Waals surface area contributed by atoms with E-state index in [2.05, 4.69) is 11.7 Å². The molecule has 0 aromatic carbocycles. The fourth-order valence-electron chi connectivity index (χ4n) is 1.19. The Bertz CT molecular complexity index is 381. The Morgan fingerprint density at radius 1 is 1.71 bits per heavy atom.